The van der Waals surface area contributed by atoms with Crippen molar-refractivity contribution in [3.8, 4) is 0 Å². The highest BCUT2D eigenvalue weighted by molar-refractivity contribution is 5.78. The van der Waals surface area contributed by atoms with Crippen LogP contribution in [0, 0.1) is 11.8 Å². The van der Waals surface area contributed by atoms with E-state index in [1.165, 1.54) is 0 Å². The average Bonchev–Trinajstić information content (AvgIpc) is 2.98. The molecule has 15 heavy (non-hydrogen) atoms. The van der Waals surface area contributed by atoms with Gasteiger partial charge in [0.25, 0.3) is 0 Å². The molecule has 4 heteroatoms. The summed E-state index contributed by atoms with van der Waals surface area (Å²) in [6.45, 7) is 0. The van der Waals surface area contributed by atoms with E-state index in [0.29, 0.717) is 18.3 Å². The predicted octanol–water partition coefficient (Wildman–Crippen LogP) is 1.16. The van der Waals surface area contributed by atoms with Crippen molar-refractivity contribution in [1.82, 2.24) is 5.32 Å². The maximum absolute atomic E-state index is 11.5. The summed E-state index contributed by atoms with van der Waals surface area (Å²) in [6, 6.07) is -0.131. The lowest BCUT2D eigenvalue weighted by atomic mass is 10.1. The van der Waals surface area contributed by atoms with E-state index in [4.69, 9.17) is 5.11 Å². The number of rotatable bonds is 6. The van der Waals surface area contributed by atoms with Gasteiger partial charge in [0, 0.05) is 12.5 Å². The molecule has 0 aromatic carbocycles. The Morgan fingerprint density at radius 2 is 1.93 bits per heavy atom. The molecule has 2 aliphatic rings. The van der Waals surface area contributed by atoms with Crippen LogP contribution in [0.2, 0.25) is 0 Å². The van der Waals surface area contributed by atoms with E-state index in [2.05, 4.69) is 5.32 Å². The van der Waals surface area contributed by atoms with Gasteiger partial charge < -0.3 is 10.4 Å². The van der Waals surface area contributed by atoms with Crippen LogP contribution in [0.25, 0.3) is 0 Å². The molecule has 1 amide bonds. The Kier molecular flexibility index (Phi) is 2.93. The summed E-state index contributed by atoms with van der Waals surface area (Å²) in [5, 5.41) is 11.6. The van der Waals surface area contributed by atoms with Crippen LogP contribution >= 0.6 is 0 Å². The Morgan fingerprint density at radius 3 is 2.40 bits per heavy atom. The van der Waals surface area contributed by atoms with Gasteiger partial charge in [0.15, 0.2) is 0 Å². The second-order valence-electron chi connectivity index (χ2n) is 4.76. The lowest BCUT2D eigenvalue weighted by molar-refractivity contribution is -0.137. The maximum atomic E-state index is 11.5. The quantitative estimate of drug-likeness (QED) is 0.692. The molecule has 0 heterocycles. The lowest BCUT2D eigenvalue weighted by Crippen LogP contribution is -2.38. The number of aliphatic carboxylic acids is 1. The number of hydrogen-bond donors (Lipinski definition) is 2. The Bertz CT molecular complexity index is 269. The highest BCUT2D eigenvalue weighted by Gasteiger charge is 2.34. The van der Waals surface area contributed by atoms with E-state index in [0.717, 1.165) is 25.7 Å². The fourth-order valence-electron chi connectivity index (χ4n) is 1.87. The van der Waals surface area contributed by atoms with Gasteiger partial charge in [0.2, 0.25) is 5.91 Å². The summed E-state index contributed by atoms with van der Waals surface area (Å²) < 4.78 is 0. The SMILES string of the molecule is O=C(O)CC(NC(=O)CC1CC1)C1CC1. The van der Waals surface area contributed by atoms with Gasteiger partial charge >= 0.3 is 5.97 Å². The van der Waals surface area contributed by atoms with Crippen LogP contribution < -0.4 is 5.32 Å². The number of carboxylic acids is 1. The number of amides is 1. The highest BCUT2D eigenvalue weighted by atomic mass is 16.4. The number of hydrogen-bond acceptors (Lipinski definition) is 2. The smallest absolute Gasteiger partial charge is 0.305 e. The van der Waals surface area contributed by atoms with Crippen molar-refractivity contribution in [3.05, 3.63) is 0 Å². The van der Waals surface area contributed by atoms with Crippen LogP contribution in [0.3, 0.4) is 0 Å². The van der Waals surface area contributed by atoms with Crippen molar-refractivity contribution >= 4 is 11.9 Å². The molecule has 2 N–H and O–H groups in total. The summed E-state index contributed by atoms with van der Waals surface area (Å²) >= 11 is 0. The molecule has 1 unspecified atom stereocenters. The van der Waals surface area contributed by atoms with Crippen LogP contribution in [0.4, 0.5) is 0 Å². The first kappa shape index (κ1) is 10.5. The van der Waals surface area contributed by atoms with Gasteiger partial charge in [-0.15, -0.1) is 0 Å². The molecule has 2 saturated carbocycles. The fourth-order valence-corrected chi connectivity index (χ4v) is 1.87. The zero-order chi connectivity index (χ0) is 10.8. The largest absolute Gasteiger partial charge is 0.481 e. The zero-order valence-corrected chi connectivity index (χ0v) is 8.74. The molecular formula is C11H17NO3. The number of carboxylic acid groups (broad SMARTS) is 1. The molecule has 4 nitrogen and oxygen atoms in total. The van der Waals surface area contributed by atoms with Gasteiger partial charge in [-0.2, -0.15) is 0 Å². The Hall–Kier alpha value is -1.06. The monoisotopic (exact) mass is 211 g/mol. The molecule has 1 atom stereocenters. The molecule has 0 aliphatic heterocycles. The van der Waals surface area contributed by atoms with Crippen LogP contribution in [-0.4, -0.2) is 23.0 Å². The first-order valence-electron chi connectivity index (χ1n) is 5.66. The molecule has 2 aliphatic carbocycles. The highest BCUT2D eigenvalue weighted by Crippen LogP contribution is 2.35. The van der Waals surface area contributed by atoms with Gasteiger partial charge in [-0.1, -0.05) is 0 Å². The Balaban J connectivity index is 1.76. The third-order valence-electron chi connectivity index (χ3n) is 3.10. The standard InChI is InChI=1S/C11H17NO3/c13-10(5-7-1-2-7)12-9(6-11(14)15)8-3-4-8/h7-9H,1-6H2,(H,12,13)(H,14,15). The Morgan fingerprint density at radius 1 is 1.27 bits per heavy atom. The van der Waals surface area contributed by atoms with Crippen molar-refractivity contribution in [1.29, 1.82) is 0 Å². The van der Waals surface area contributed by atoms with Crippen molar-refractivity contribution in [2.45, 2.75) is 44.6 Å². The summed E-state index contributed by atoms with van der Waals surface area (Å²) in [7, 11) is 0. The second-order valence-corrected chi connectivity index (χ2v) is 4.76. The van der Waals surface area contributed by atoms with Gasteiger partial charge in [0.05, 0.1) is 6.42 Å². The van der Waals surface area contributed by atoms with E-state index >= 15 is 0 Å². The second kappa shape index (κ2) is 4.21. The summed E-state index contributed by atoms with van der Waals surface area (Å²) in [5.41, 5.74) is 0. The molecular weight excluding hydrogens is 194 g/mol. The molecule has 2 fully saturated rings. The van der Waals surface area contributed by atoms with Crippen LogP contribution in [-0.2, 0) is 9.59 Å². The van der Waals surface area contributed by atoms with Crippen LogP contribution in [0.1, 0.15) is 38.5 Å². The molecule has 0 aromatic heterocycles. The van der Waals surface area contributed by atoms with Crippen LogP contribution in [0.15, 0.2) is 0 Å². The van der Waals surface area contributed by atoms with Crippen molar-refractivity contribution in [3.63, 3.8) is 0 Å². The summed E-state index contributed by atoms with van der Waals surface area (Å²) in [5.74, 6) is 0.188. The average molecular weight is 211 g/mol. The van der Waals surface area contributed by atoms with Gasteiger partial charge in [0.1, 0.15) is 0 Å². The van der Waals surface area contributed by atoms with E-state index in [1.807, 2.05) is 0 Å². The number of carbonyl (C=O) groups is 2. The van der Waals surface area contributed by atoms with Crippen LogP contribution in [0.5, 0.6) is 0 Å². The Labute approximate surface area is 89.0 Å². The minimum absolute atomic E-state index is 0.0376. The first-order valence-corrected chi connectivity index (χ1v) is 5.66. The fraction of sp³-hybridized carbons (Fsp3) is 0.818. The lowest BCUT2D eigenvalue weighted by Gasteiger charge is -2.15. The van der Waals surface area contributed by atoms with E-state index in [1.54, 1.807) is 0 Å². The number of nitrogens with one attached hydrogen (secondary N) is 1. The molecule has 0 bridgehead atoms. The van der Waals surface area contributed by atoms with Gasteiger partial charge in [-0.25, -0.2) is 0 Å². The normalized spacial score (nSPS) is 22.1. The number of carbonyl (C=O) groups excluding carboxylic acids is 1. The van der Waals surface area contributed by atoms with Crippen molar-refractivity contribution in [2.75, 3.05) is 0 Å². The zero-order valence-electron chi connectivity index (χ0n) is 8.74. The predicted molar refractivity (Wildman–Crippen MR) is 54.2 cm³/mol. The minimum atomic E-state index is -0.821. The van der Waals surface area contributed by atoms with Gasteiger partial charge in [-0.05, 0) is 37.5 Å². The molecule has 0 spiro atoms. The third-order valence-corrected chi connectivity index (χ3v) is 3.10. The molecule has 0 aromatic rings. The molecule has 2 rings (SSSR count). The molecule has 0 saturated heterocycles. The van der Waals surface area contributed by atoms with Crippen molar-refractivity contribution in [2.24, 2.45) is 11.8 Å². The van der Waals surface area contributed by atoms with E-state index < -0.39 is 5.97 Å². The van der Waals surface area contributed by atoms with Crippen molar-refractivity contribution < 1.29 is 14.7 Å². The van der Waals surface area contributed by atoms with E-state index in [9.17, 15) is 9.59 Å². The van der Waals surface area contributed by atoms with E-state index in [-0.39, 0.29) is 18.4 Å². The summed E-state index contributed by atoms with van der Waals surface area (Å²) in [6.07, 6.45) is 5.08. The first-order chi connectivity index (χ1) is 7.15. The minimum Gasteiger partial charge on any atom is -0.481 e. The molecule has 84 valence electrons. The third kappa shape index (κ3) is 3.53. The summed E-state index contributed by atoms with van der Waals surface area (Å²) in [4.78, 5) is 22.1. The topological polar surface area (TPSA) is 66.4 Å². The maximum Gasteiger partial charge on any atom is 0.305 e. The molecule has 0 radical (unpaired) electrons. The van der Waals surface area contributed by atoms with Gasteiger partial charge in [-0.3, -0.25) is 9.59 Å².